The zero-order valence-electron chi connectivity index (χ0n) is 11.2. The summed E-state index contributed by atoms with van der Waals surface area (Å²) in [5.74, 6) is 0. The Morgan fingerprint density at radius 2 is 1.94 bits per heavy atom. The van der Waals surface area contributed by atoms with Crippen LogP contribution in [0.15, 0.2) is 30.3 Å². The van der Waals surface area contributed by atoms with Crippen LogP contribution >= 0.6 is 0 Å². The maximum Gasteiger partial charge on any atom is 0.0234 e. The van der Waals surface area contributed by atoms with Gasteiger partial charge in [0.05, 0.1) is 0 Å². The monoisotopic (exact) mass is 235 g/mol. The molecule has 1 saturated heterocycles. The zero-order valence-corrected chi connectivity index (χ0v) is 11.2. The molecule has 1 unspecified atom stereocenters. The molecule has 1 atom stereocenters. The van der Waals surface area contributed by atoms with E-state index in [1.807, 2.05) is 14.1 Å². The molecule has 0 spiro atoms. The smallest absolute Gasteiger partial charge is 0.0234 e. The first kappa shape index (κ1) is 14.2. The van der Waals surface area contributed by atoms with Gasteiger partial charge in [-0.1, -0.05) is 30.3 Å². The summed E-state index contributed by atoms with van der Waals surface area (Å²) in [7, 11) is 3.75. The van der Waals surface area contributed by atoms with Crippen LogP contribution < -0.4 is 10.6 Å². The van der Waals surface area contributed by atoms with Gasteiger partial charge in [-0.25, -0.2) is 0 Å². The maximum atomic E-state index is 3.46. The number of nitrogens with one attached hydrogen (secondary N) is 2. The second kappa shape index (κ2) is 8.23. The van der Waals surface area contributed by atoms with Crippen LogP contribution in [0.25, 0.3) is 0 Å². The molecule has 3 heteroatoms. The van der Waals surface area contributed by atoms with Gasteiger partial charge in [0.1, 0.15) is 0 Å². The average molecular weight is 235 g/mol. The number of nitrogens with zero attached hydrogens (tertiary/aromatic N) is 1. The van der Waals surface area contributed by atoms with Gasteiger partial charge in [0.15, 0.2) is 0 Å². The Morgan fingerprint density at radius 3 is 2.53 bits per heavy atom. The predicted molar refractivity (Wildman–Crippen MR) is 74.2 cm³/mol. The first-order chi connectivity index (χ1) is 8.26. The molecule has 2 rings (SSSR count). The summed E-state index contributed by atoms with van der Waals surface area (Å²) in [6.45, 7) is 6.78. The van der Waals surface area contributed by atoms with Gasteiger partial charge in [-0.2, -0.15) is 0 Å². The minimum absolute atomic E-state index is 0.632. The summed E-state index contributed by atoms with van der Waals surface area (Å²) in [4.78, 5) is 2.51. The first-order valence-corrected chi connectivity index (χ1v) is 6.34. The topological polar surface area (TPSA) is 27.3 Å². The Kier molecular flexibility index (Phi) is 6.86. The summed E-state index contributed by atoms with van der Waals surface area (Å²) < 4.78 is 0. The Labute approximate surface area is 105 Å². The number of hydrogen-bond acceptors (Lipinski definition) is 3. The molecule has 1 aliphatic rings. The highest BCUT2D eigenvalue weighted by Crippen LogP contribution is 2.06. The van der Waals surface area contributed by atoms with E-state index in [0.29, 0.717) is 6.04 Å². The molecule has 0 saturated carbocycles. The molecule has 0 bridgehead atoms. The fraction of sp³-hybridized carbons (Fsp3) is 0.571. The highest BCUT2D eigenvalue weighted by Gasteiger charge is 2.14. The van der Waals surface area contributed by atoms with E-state index in [1.54, 1.807) is 0 Å². The van der Waals surface area contributed by atoms with Crippen molar-refractivity contribution in [2.75, 3.05) is 33.7 Å². The number of rotatable bonds is 2. The molecule has 17 heavy (non-hydrogen) atoms. The normalized spacial score (nSPS) is 20.5. The highest BCUT2D eigenvalue weighted by atomic mass is 15.2. The fourth-order valence-electron chi connectivity index (χ4n) is 2.00. The SMILES string of the molecule is CC1CN(Cc2ccccc2)CCN1.CNC. The first-order valence-electron chi connectivity index (χ1n) is 6.34. The molecule has 0 radical (unpaired) electrons. The average Bonchev–Trinajstić information content (AvgIpc) is 2.31. The van der Waals surface area contributed by atoms with Crippen molar-refractivity contribution < 1.29 is 0 Å². The van der Waals surface area contributed by atoms with Crippen molar-refractivity contribution in [1.29, 1.82) is 0 Å². The van der Waals surface area contributed by atoms with Crippen molar-refractivity contribution in [2.45, 2.75) is 19.5 Å². The van der Waals surface area contributed by atoms with Crippen LogP contribution in [0, 0.1) is 0 Å². The second-order valence-corrected chi connectivity index (χ2v) is 4.58. The lowest BCUT2D eigenvalue weighted by atomic mass is 10.2. The van der Waals surface area contributed by atoms with E-state index >= 15 is 0 Å². The Bertz CT molecular complexity index is 287. The molecular weight excluding hydrogens is 210 g/mol. The maximum absolute atomic E-state index is 3.46. The van der Waals surface area contributed by atoms with Crippen LogP contribution in [0.4, 0.5) is 0 Å². The van der Waals surface area contributed by atoms with Crippen LogP contribution in [0.2, 0.25) is 0 Å². The molecule has 1 aliphatic heterocycles. The van der Waals surface area contributed by atoms with Crippen molar-refractivity contribution >= 4 is 0 Å². The Morgan fingerprint density at radius 1 is 1.29 bits per heavy atom. The molecule has 1 aromatic carbocycles. The summed E-state index contributed by atoms with van der Waals surface area (Å²) in [6.07, 6.45) is 0. The fourth-order valence-corrected chi connectivity index (χ4v) is 2.00. The van der Waals surface area contributed by atoms with Crippen molar-refractivity contribution in [3.8, 4) is 0 Å². The van der Waals surface area contributed by atoms with E-state index in [1.165, 1.54) is 12.1 Å². The summed E-state index contributed by atoms with van der Waals surface area (Å²) >= 11 is 0. The van der Waals surface area contributed by atoms with Gasteiger partial charge in [-0.15, -0.1) is 0 Å². The van der Waals surface area contributed by atoms with E-state index in [4.69, 9.17) is 0 Å². The van der Waals surface area contributed by atoms with E-state index in [2.05, 4.69) is 52.8 Å². The molecule has 3 nitrogen and oxygen atoms in total. The van der Waals surface area contributed by atoms with Gasteiger partial charge >= 0.3 is 0 Å². The van der Waals surface area contributed by atoms with Gasteiger partial charge in [-0.05, 0) is 26.6 Å². The Hall–Kier alpha value is -0.900. The molecule has 1 fully saturated rings. The number of benzene rings is 1. The highest BCUT2D eigenvalue weighted by molar-refractivity contribution is 5.14. The van der Waals surface area contributed by atoms with Gasteiger partial charge < -0.3 is 10.6 Å². The standard InChI is InChI=1S/C12H18N2.C2H7N/c1-11-9-14(8-7-13-11)10-12-5-3-2-4-6-12;1-3-2/h2-6,11,13H,7-10H2,1H3;3H,1-2H3. The summed E-state index contributed by atoms with van der Waals surface area (Å²) in [5.41, 5.74) is 1.42. The summed E-state index contributed by atoms with van der Waals surface area (Å²) in [6, 6.07) is 11.3. The molecular formula is C14H25N3. The number of hydrogen-bond donors (Lipinski definition) is 2. The van der Waals surface area contributed by atoms with E-state index in [0.717, 1.165) is 19.6 Å². The van der Waals surface area contributed by atoms with Crippen LogP contribution in [-0.2, 0) is 6.54 Å². The van der Waals surface area contributed by atoms with E-state index in [-0.39, 0.29) is 0 Å². The quantitative estimate of drug-likeness (QED) is 0.809. The van der Waals surface area contributed by atoms with Gasteiger partial charge in [0.2, 0.25) is 0 Å². The van der Waals surface area contributed by atoms with Gasteiger partial charge in [0.25, 0.3) is 0 Å². The second-order valence-electron chi connectivity index (χ2n) is 4.58. The van der Waals surface area contributed by atoms with Crippen LogP contribution in [-0.4, -0.2) is 44.7 Å². The minimum atomic E-state index is 0.632. The lowest BCUT2D eigenvalue weighted by Gasteiger charge is -2.31. The van der Waals surface area contributed by atoms with E-state index in [9.17, 15) is 0 Å². The Balaban J connectivity index is 0.000000437. The van der Waals surface area contributed by atoms with Crippen molar-refractivity contribution in [2.24, 2.45) is 0 Å². The molecule has 2 N–H and O–H groups in total. The third kappa shape index (κ3) is 5.82. The molecule has 0 aromatic heterocycles. The van der Waals surface area contributed by atoms with Crippen molar-refractivity contribution in [3.05, 3.63) is 35.9 Å². The van der Waals surface area contributed by atoms with Crippen molar-refractivity contribution in [3.63, 3.8) is 0 Å². The third-order valence-electron chi connectivity index (χ3n) is 2.70. The largest absolute Gasteiger partial charge is 0.323 e. The van der Waals surface area contributed by atoms with Crippen LogP contribution in [0.5, 0.6) is 0 Å². The summed E-state index contributed by atoms with van der Waals surface area (Å²) in [5, 5.41) is 6.21. The van der Waals surface area contributed by atoms with Gasteiger partial charge in [0, 0.05) is 32.2 Å². The minimum Gasteiger partial charge on any atom is -0.323 e. The van der Waals surface area contributed by atoms with Gasteiger partial charge in [-0.3, -0.25) is 4.90 Å². The molecule has 96 valence electrons. The molecule has 1 aromatic rings. The molecule has 1 heterocycles. The van der Waals surface area contributed by atoms with Crippen LogP contribution in [0.1, 0.15) is 12.5 Å². The zero-order chi connectivity index (χ0) is 12.5. The predicted octanol–water partition coefficient (Wildman–Crippen LogP) is 1.32. The number of piperazine rings is 1. The van der Waals surface area contributed by atoms with E-state index < -0.39 is 0 Å². The van der Waals surface area contributed by atoms with Crippen LogP contribution in [0.3, 0.4) is 0 Å². The van der Waals surface area contributed by atoms with Crippen molar-refractivity contribution in [1.82, 2.24) is 15.5 Å². The molecule has 0 aliphatic carbocycles. The lowest BCUT2D eigenvalue weighted by Crippen LogP contribution is -2.48. The molecule has 0 amide bonds. The lowest BCUT2D eigenvalue weighted by molar-refractivity contribution is 0.199. The third-order valence-corrected chi connectivity index (χ3v) is 2.70.